The van der Waals surface area contributed by atoms with Crippen LogP contribution in [0.15, 0.2) is 52.9 Å². The number of rotatable bonds is 5. The Morgan fingerprint density at radius 1 is 1.21 bits per heavy atom. The van der Waals surface area contributed by atoms with Gasteiger partial charge in [-0.15, -0.1) is 5.10 Å². The molecule has 1 aliphatic heterocycles. The number of halogens is 1. The number of para-hydroxylation sites is 1. The summed E-state index contributed by atoms with van der Waals surface area (Å²) in [6.45, 7) is 2.46. The third-order valence-electron chi connectivity index (χ3n) is 4.67. The highest BCUT2D eigenvalue weighted by Crippen LogP contribution is 2.29. The lowest BCUT2D eigenvalue weighted by Gasteiger charge is -2.32. The maximum absolute atomic E-state index is 13.2. The van der Waals surface area contributed by atoms with Gasteiger partial charge in [-0.3, -0.25) is 4.90 Å². The molecule has 0 aliphatic carbocycles. The molecule has 0 amide bonds. The van der Waals surface area contributed by atoms with Crippen LogP contribution in [-0.4, -0.2) is 41.5 Å². The molecule has 2 aromatic carbocycles. The van der Waals surface area contributed by atoms with E-state index in [9.17, 15) is 4.39 Å². The minimum atomic E-state index is -0.255. The van der Waals surface area contributed by atoms with E-state index in [-0.39, 0.29) is 11.9 Å². The Morgan fingerprint density at radius 3 is 2.79 bits per heavy atom. The van der Waals surface area contributed by atoms with Gasteiger partial charge in [-0.05, 0) is 42.0 Å². The molecule has 1 saturated heterocycles. The van der Waals surface area contributed by atoms with E-state index < -0.39 is 0 Å². The summed E-state index contributed by atoms with van der Waals surface area (Å²) >= 11 is 5.35. The fourth-order valence-electron chi connectivity index (χ4n) is 3.23. The molecule has 28 heavy (non-hydrogen) atoms. The first-order chi connectivity index (χ1) is 13.6. The fourth-order valence-corrected chi connectivity index (χ4v) is 3.40. The van der Waals surface area contributed by atoms with Crippen molar-refractivity contribution in [2.75, 3.05) is 26.8 Å². The van der Waals surface area contributed by atoms with Crippen molar-refractivity contribution in [2.24, 2.45) is 0 Å². The van der Waals surface area contributed by atoms with Crippen LogP contribution in [0, 0.1) is 10.7 Å². The van der Waals surface area contributed by atoms with Gasteiger partial charge in [-0.25, -0.2) is 9.07 Å². The summed E-state index contributed by atoms with van der Waals surface area (Å²) in [7, 11) is 1.60. The molecular formula is C20H20FN3O3S. The minimum Gasteiger partial charge on any atom is -0.496 e. The molecule has 1 unspecified atom stereocenters. The fraction of sp³-hybridized carbons (Fsp3) is 0.300. The molecule has 3 aromatic rings. The third-order valence-corrected chi connectivity index (χ3v) is 4.96. The maximum atomic E-state index is 13.2. The second-order valence-corrected chi connectivity index (χ2v) is 6.85. The van der Waals surface area contributed by atoms with Crippen LogP contribution < -0.4 is 4.74 Å². The number of morpholine rings is 1. The molecule has 0 spiro atoms. The first-order valence-electron chi connectivity index (χ1n) is 8.95. The van der Waals surface area contributed by atoms with Crippen molar-refractivity contribution in [3.63, 3.8) is 0 Å². The average Bonchev–Trinajstić information content (AvgIpc) is 3.09. The molecule has 0 bridgehead atoms. The number of hydrogen-bond acceptors (Lipinski definition) is 6. The van der Waals surface area contributed by atoms with Gasteiger partial charge in [0.2, 0.25) is 0 Å². The predicted octanol–water partition coefficient (Wildman–Crippen LogP) is 4.05. The second kappa shape index (κ2) is 8.22. The van der Waals surface area contributed by atoms with Crippen molar-refractivity contribution in [3.05, 3.63) is 64.7 Å². The highest BCUT2D eigenvalue weighted by molar-refractivity contribution is 7.71. The summed E-state index contributed by atoms with van der Waals surface area (Å²) in [4.78, 5) is 2.48. The molecule has 146 valence electrons. The highest BCUT2D eigenvalue weighted by atomic mass is 32.1. The molecule has 4 rings (SSSR count). The lowest BCUT2D eigenvalue weighted by molar-refractivity contribution is -0.0420. The van der Waals surface area contributed by atoms with E-state index in [1.165, 1.54) is 12.1 Å². The highest BCUT2D eigenvalue weighted by Gasteiger charge is 2.23. The third kappa shape index (κ3) is 3.99. The molecule has 1 atom stereocenters. The zero-order valence-electron chi connectivity index (χ0n) is 15.4. The first-order valence-corrected chi connectivity index (χ1v) is 9.35. The number of benzene rings is 2. The van der Waals surface area contributed by atoms with Crippen molar-refractivity contribution in [2.45, 2.75) is 12.8 Å². The van der Waals surface area contributed by atoms with Gasteiger partial charge in [0.05, 0.1) is 32.1 Å². The Labute approximate surface area is 167 Å². The molecule has 1 aromatic heterocycles. The maximum Gasteiger partial charge on any atom is 0.288 e. The quantitative estimate of drug-likeness (QED) is 0.601. The van der Waals surface area contributed by atoms with Crippen LogP contribution in [-0.2, 0) is 11.4 Å². The minimum absolute atomic E-state index is 0.121. The van der Waals surface area contributed by atoms with Crippen LogP contribution in [0.5, 0.6) is 5.75 Å². The molecule has 0 radical (unpaired) electrons. The van der Waals surface area contributed by atoms with Gasteiger partial charge in [0.25, 0.3) is 10.7 Å². The van der Waals surface area contributed by atoms with Crippen molar-refractivity contribution < 1.29 is 18.3 Å². The van der Waals surface area contributed by atoms with Crippen molar-refractivity contribution >= 4 is 12.2 Å². The summed E-state index contributed by atoms with van der Waals surface area (Å²) < 4.78 is 31.7. The van der Waals surface area contributed by atoms with Crippen LogP contribution in [0.1, 0.15) is 11.7 Å². The van der Waals surface area contributed by atoms with Crippen LogP contribution >= 0.6 is 12.2 Å². The Hall–Kier alpha value is -2.55. The predicted molar refractivity (Wildman–Crippen MR) is 104 cm³/mol. The SMILES string of the molecule is COc1ccccc1-c1nn(CN2CCOC(c3ccc(F)cc3)C2)c(=S)o1. The molecule has 2 heterocycles. The van der Waals surface area contributed by atoms with Crippen LogP contribution in [0.25, 0.3) is 11.5 Å². The van der Waals surface area contributed by atoms with E-state index in [4.69, 9.17) is 26.1 Å². The molecule has 0 N–H and O–H groups in total. The van der Waals surface area contributed by atoms with Gasteiger partial charge in [0.15, 0.2) is 0 Å². The molecule has 1 fully saturated rings. The second-order valence-electron chi connectivity index (χ2n) is 6.50. The number of hydrogen-bond donors (Lipinski definition) is 0. The van der Waals surface area contributed by atoms with E-state index in [2.05, 4.69) is 10.00 Å². The first kappa shape index (κ1) is 18.8. The number of ether oxygens (including phenoxy) is 2. The molecule has 8 heteroatoms. The smallest absolute Gasteiger partial charge is 0.288 e. The van der Waals surface area contributed by atoms with Crippen LogP contribution in [0.3, 0.4) is 0 Å². The van der Waals surface area contributed by atoms with Gasteiger partial charge >= 0.3 is 0 Å². The van der Waals surface area contributed by atoms with Crippen LogP contribution in [0.4, 0.5) is 4.39 Å². The molecule has 0 saturated carbocycles. The van der Waals surface area contributed by atoms with Crippen molar-refractivity contribution in [1.82, 2.24) is 14.7 Å². The van der Waals surface area contributed by atoms with Gasteiger partial charge in [0.1, 0.15) is 11.6 Å². The summed E-state index contributed by atoms with van der Waals surface area (Å²) in [6, 6.07) is 13.9. The number of nitrogens with zero attached hydrogens (tertiary/aromatic N) is 3. The van der Waals surface area contributed by atoms with E-state index >= 15 is 0 Å². The zero-order chi connectivity index (χ0) is 19.5. The number of aromatic nitrogens is 2. The average molecular weight is 401 g/mol. The van der Waals surface area contributed by atoms with Gasteiger partial charge in [-0.1, -0.05) is 24.3 Å². The topological polar surface area (TPSA) is 52.7 Å². The van der Waals surface area contributed by atoms with Crippen molar-refractivity contribution in [1.29, 1.82) is 0 Å². The lowest BCUT2D eigenvalue weighted by atomic mass is 10.1. The molecule has 6 nitrogen and oxygen atoms in total. The van der Waals surface area contributed by atoms with Gasteiger partial charge in [-0.2, -0.15) is 0 Å². The lowest BCUT2D eigenvalue weighted by Crippen LogP contribution is -2.39. The van der Waals surface area contributed by atoms with E-state index in [0.717, 1.165) is 17.7 Å². The Kier molecular flexibility index (Phi) is 5.52. The number of methoxy groups -OCH3 is 1. The summed E-state index contributed by atoms with van der Waals surface area (Å²) in [5.41, 5.74) is 1.70. The van der Waals surface area contributed by atoms with E-state index in [0.29, 0.717) is 36.3 Å². The largest absolute Gasteiger partial charge is 0.496 e. The van der Waals surface area contributed by atoms with Crippen LogP contribution in [0.2, 0.25) is 0 Å². The Morgan fingerprint density at radius 2 is 2.00 bits per heavy atom. The van der Waals surface area contributed by atoms with E-state index in [1.807, 2.05) is 24.3 Å². The van der Waals surface area contributed by atoms with Crippen molar-refractivity contribution in [3.8, 4) is 17.2 Å². The van der Waals surface area contributed by atoms with E-state index in [1.54, 1.807) is 23.9 Å². The summed E-state index contributed by atoms with van der Waals surface area (Å²) in [6.07, 6.45) is -0.121. The van der Waals surface area contributed by atoms with Gasteiger partial charge in [0, 0.05) is 13.1 Å². The molecular weight excluding hydrogens is 381 g/mol. The summed E-state index contributed by atoms with van der Waals surface area (Å²) in [5.74, 6) is 0.841. The summed E-state index contributed by atoms with van der Waals surface area (Å²) in [5, 5.41) is 4.53. The molecule has 1 aliphatic rings. The normalized spacial score (nSPS) is 17.6. The standard InChI is InChI=1S/C20H20FN3O3S/c1-25-17-5-3-2-4-16(17)19-22-24(20(28)27-19)13-23-10-11-26-18(12-23)14-6-8-15(21)9-7-14/h2-9,18H,10-13H2,1H3. The van der Waals surface area contributed by atoms with Gasteiger partial charge < -0.3 is 13.9 Å². The Bertz CT molecular complexity index is 1000. The Balaban J connectivity index is 1.50. The zero-order valence-corrected chi connectivity index (χ0v) is 16.2. The monoisotopic (exact) mass is 401 g/mol.